The Morgan fingerprint density at radius 2 is 1.93 bits per heavy atom. The number of nitrogens with two attached hydrogens (primary N) is 1. The quantitative estimate of drug-likeness (QED) is 0.0516. The molecule has 2 aliphatic heterocycles. The fourth-order valence-corrected chi connectivity index (χ4v) is 8.25. The van der Waals surface area contributed by atoms with Crippen LogP contribution in [-0.4, -0.2) is 95.4 Å². The number of fused-ring (bicyclic) bond motifs is 2. The van der Waals surface area contributed by atoms with Crippen LogP contribution in [0.25, 0.3) is 11.2 Å². The zero-order valence-corrected chi connectivity index (χ0v) is 34.4. The molecule has 3 amide bonds. The molecular formula is C38H45N10O8S2+. The average molecular weight is 834 g/mol. The molecule has 7 rings (SSSR count). The Morgan fingerprint density at radius 3 is 2.64 bits per heavy atom. The van der Waals surface area contributed by atoms with Gasteiger partial charge in [0.1, 0.15) is 53.7 Å². The first-order chi connectivity index (χ1) is 27.8. The van der Waals surface area contributed by atoms with Crippen LogP contribution in [0.5, 0.6) is 5.75 Å². The van der Waals surface area contributed by atoms with Gasteiger partial charge in [-0.1, -0.05) is 17.3 Å². The van der Waals surface area contributed by atoms with Crippen molar-refractivity contribution in [3.63, 3.8) is 0 Å². The number of hydrogen-bond acceptors (Lipinski definition) is 15. The van der Waals surface area contributed by atoms with Gasteiger partial charge < -0.3 is 34.7 Å². The summed E-state index contributed by atoms with van der Waals surface area (Å²) in [6.45, 7) is 7.92. The number of amides is 3. The lowest BCUT2D eigenvalue weighted by atomic mass is 10.0. The van der Waals surface area contributed by atoms with Crippen molar-refractivity contribution in [2.45, 2.75) is 89.2 Å². The zero-order chi connectivity index (χ0) is 41.2. The van der Waals surface area contributed by atoms with Gasteiger partial charge in [-0.25, -0.2) is 14.2 Å². The van der Waals surface area contributed by atoms with Crippen LogP contribution in [0.2, 0.25) is 0 Å². The van der Waals surface area contributed by atoms with Gasteiger partial charge in [0.15, 0.2) is 0 Å². The van der Waals surface area contributed by atoms with E-state index in [0.717, 1.165) is 54.1 Å². The Labute approximate surface area is 342 Å². The topological polar surface area (TPSA) is 218 Å². The van der Waals surface area contributed by atoms with Crippen molar-refractivity contribution in [1.29, 1.82) is 0 Å². The number of anilines is 1. The summed E-state index contributed by atoms with van der Waals surface area (Å²) in [4.78, 5) is 69.6. The number of thioether (sulfide) groups is 1. The predicted molar refractivity (Wildman–Crippen MR) is 213 cm³/mol. The predicted octanol–water partition coefficient (Wildman–Crippen LogP) is 3.25. The molecule has 3 aromatic heterocycles. The summed E-state index contributed by atoms with van der Waals surface area (Å²) in [5.74, 6) is -1.10. The van der Waals surface area contributed by atoms with Crippen LogP contribution in [0.1, 0.15) is 58.3 Å². The maximum absolute atomic E-state index is 14.1. The van der Waals surface area contributed by atoms with E-state index in [2.05, 4.69) is 29.7 Å². The van der Waals surface area contributed by atoms with Gasteiger partial charge in [0.05, 0.1) is 13.3 Å². The van der Waals surface area contributed by atoms with E-state index < -0.39 is 40.9 Å². The van der Waals surface area contributed by atoms with Gasteiger partial charge >= 0.3 is 17.7 Å². The Hall–Kier alpha value is -5.60. The van der Waals surface area contributed by atoms with Crippen LogP contribution >= 0.6 is 23.3 Å². The van der Waals surface area contributed by atoms with Gasteiger partial charge in [0, 0.05) is 34.9 Å². The van der Waals surface area contributed by atoms with Crippen LogP contribution in [0.15, 0.2) is 65.3 Å². The number of esters is 1. The third-order valence-corrected chi connectivity index (χ3v) is 11.5. The second-order valence-electron chi connectivity index (χ2n) is 15.0. The highest BCUT2D eigenvalue weighted by atomic mass is 32.2. The number of imidazole rings is 1. The Kier molecular flexibility index (Phi) is 11.7. The van der Waals surface area contributed by atoms with E-state index in [1.807, 2.05) is 22.9 Å². The minimum Gasteiger partial charge on any atom is -0.497 e. The molecule has 2 unspecified atom stereocenters. The number of β-lactam (4-membered cyclic amide) rings is 1. The second-order valence-corrected chi connectivity index (χ2v) is 16.9. The molecule has 20 heteroatoms. The second kappa shape index (κ2) is 16.7. The molecule has 1 aromatic carbocycles. The highest BCUT2D eigenvalue weighted by molar-refractivity contribution is 8.00. The van der Waals surface area contributed by atoms with E-state index in [4.69, 9.17) is 29.8 Å². The van der Waals surface area contributed by atoms with Crippen LogP contribution in [0, 0.1) is 0 Å². The molecule has 306 valence electrons. The minimum absolute atomic E-state index is 0.0436. The van der Waals surface area contributed by atoms with Crippen molar-refractivity contribution in [3.8, 4) is 5.75 Å². The van der Waals surface area contributed by atoms with Gasteiger partial charge in [-0.15, -0.1) is 11.8 Å². The first-order valence-electron chi connectivity index (χ1n) is 18.7. The third-order valence-electron chi connectivity index (χ3n) is 9.56. The lowest BCUT2D eigenvalue weighted by molar-refractivity contribution is -0.664. The van der Waals surface area contributed by atoms with E-state index in [9.17, 15) is 19.2 Å². The number of aromatic nitrogens is 5. The summed E-state index contributed by atoms with van der Waals surface area (Å²) in [6, 6.07) is 10.0. The molecule has 2 atom stereocenters. The van der Waals surface area contributed by atoms with Gasteiger partial charge in [-0.05, 0) is 81.8 Å². The zero-order valence-electron chi connectivity index (χ0n) is 32.7. The van der Waals surface area contributed by atoms with Gasteiger partial charge in [-0.3, -0.25) is 19.8 Å². The highest BCUT2D eigenvalue weighted by Gasteiger charge is 2.55. The molecular weight excluding hydrogens is 789 g/mol. The fraction of sp³-hybridized carbons (Fsp3) is 0.447. The smallest absolute Gasteiger partial charge is 0.414 e. The number of rotatable bonds is 15. The Morgan fingerprint density at radius 1 is 1.16 bits per heavy atom. The lowest BCUT2D eigenvalue weighted by Crippen LogP contribution is -2.71. The number of hydrogen-bond donors (Lipinski definition) is 3. The number of nitrogens with zero attached hydrogens (tertiary/aromatic N) is 7. The SMILES string of the molecule is CCO/N=C(\C(=O)NC1C(=O)N2C(C(=O)OCc3ccc(OC)cc3)=C(C[n+]3cccc4c3ncn4CCC3(N)CC3)CSC12)c1nsc(NC(=O)OC(C)(C)C)n1. The summed E-state index contributed by atoms with van der Waals surface area (Å²) in [5, 5.41) is 8.57. The Bertz CT molecular complexity index is 2280. The number of carbonyl (C=O) groups is 4. The molecule has 1 saturated heterocycles. The first-order valence-corrected chi connectivity index (χ1v) is 20.5. The number of oxime groups is 1. The Balaban J connectivity index is 1.12. The standard InChI is InChI=1S/C38H44N10O8S2/c1-6-55-44-26(29-42-35(58-45-29)43-36(52)56-37(2,3)4)31(49)41-27-32(50)48-28(34(51)54-19-22-9-11-24(53-5)12-10-22)23(20-57-33(27)48)18-46-16-7-8-25-30(46)40-21-47(25)17-15-38(39)13-14-38/h7-12,16,21,27,33H,6,13-15,17-20,39H2,1-5H3,(H-,41,42,43,45,49,52)/p+1/b44-26-. The van der Waals surface area contributed by atoms with Crippen LogP contribution in [-0.2, 0) is 48.4 Å². The summed E-state index contributed by atoms with van der Waals surface area (Å²) in [6.07, 6.45) is 5.82. The molecule has 0 radical (unpaired) electrons. The summed E-state index contributed by atoms with van der Waals surface area (Å²) in [7, 11) is 1.57. The molecule has 2 fully saturated rings. The van der Waals surface area contributed by atoms with Gasteiger partial charge in [0.25, 0.3) is 11.8 Å². The molecule has 58 heavy (non-hydrogen) atoms. The van der Waals surface area contributed by atoms with Crippen LogP contribution < -0.4 is 25.7 Å². The van der Waals surface area contributed by atoms with Crippen LogP contribution in [0.3, 0.4) is 0 Å². The summed E-state index contributed by atoms with van der Waals surface area (Å²) in [5.41, 5.74) is 8.34. The summed E-state index contributed by atoms with van der Waals surface area (Å²) < 4.78 is 24.6. The van der Waals surface area contributed by atoms with Gasteiger partial charge in [-0.2, -0.15) is 9.36 Å². The van der Waals surface area contributed by atoms with Crippen molar-refractivity contribution < 1.29 is 42.8 Å². The van der Waals surface area contributed by atoms with Gasteiger partial charge in [0.2, 0.25) is 23.0 Å². The first kappa shape index (κ1) is 40.6. The molecule has 1 saturated carbocycles. The van der Waals surface area contributed by atoms with Crippen molar-refractivity contribution in [2.75, 3.05) is 24.8 Å². The third kappa shape index (κ3) is 9.08. The molecule has 18 nitrogen and oxygen atoms in total. The van der Waals surface area contributed by atoms with Crippen molar-refractivity contribution in [3.05, 3.63) is 71.6 Å². The number of carbonyl (C=O) groups excluding carboxylic acids is 4. The van der Waals surface area contributed by atoms with Crippen molar-refractivity contribution >= 4 is 69.2 Å². The van der Waals surface area contributed by atoms with Crippen molar-refractivity contribution in [1.82, 2.24) is 29.1 Å². The number of aryl methyl sites for hydroxylation is 1. The normalized spacial score (nSPS) is 18.6. The number of ether oxygens (including phenoxy) is 3. The molecule has 0 bridgehead atoms. The van der Waals surface area contributed by atoms with Crippen molar-refractivity contribution in [2.24, 2.45) is 10.9 Å². The molecule has 3 aliphatic rings. The highest BCUT2D eigenvalue weighted by Crippen LogP contribution is 2.41. The van der Waals surface area contributed by atoms with E-state index in [-0.39, 0.29) is 47.7 Å². The molecule has 4 N–H and O–H groups in total. The minimum atomic E-state index is -1.03. The maximum Gasteiger partial charge on any atom is 0.414 e. The lowest BCUT2D eigenvalue weighted by Gasteiger charge is -2.49. The number of methoxy groups -OCH3 is 1. The molecule has 1 aliphatic carbocycles. The average Bonchev–Trinajstić information content (AvgIpc) is 3.53. The largest absolute Gasteiger partial charge is 0.497 e. The fourth-order valence-electron chi connectivity index (χ4n) is 6.36. The molecule has 5 heterocycles. The summed E-state index contributed by atoms with van der Waals surface area (Å²) >= 11 is 2.21. The van der Waals surface area contributed by atoms with E-state index >= 15 is 0 Å². The van der Waals surface area contributed by atoms with E-state index in [0.29, 0.717) is 17.1 Å². The van der Waals surface area contributed by atoms with E-state index in [1.54, 1.807) is 65.4 Å². The molecule has 0 spiro atoms. The van der Waals surface area contributed by atoms with Crippen LogP contribution in [0.4, 0.5) is 9.93 Å². The number of nitrogens with one attached hydrogen (secondary N) is 2. The number of pyridine rings is 1. The monoisotopic (exact) mass is 833 g/mol. The van der Waals surface area contributed by atoms with E-state index in [1.165, 1.54) is 16.7 Å². The number of benzene rings is 1. The molecule has 4 aromatic rings. The maximum atomic E-state index is 14.1.